The van der Waals surface area contributed by atoms with E-state index in [1.54, 1.807) is 12.1 Å². The highest BCUT2D eigenvalue weighted by atomic mass is 32.2. The van der Waals surface area contributed by atoms with Crippen molar-refractivity contribution in [2.45, 2.75) is 51.5 Å². The Kier molecular flexibility index (Phi) is 7.26. The van der Waals surface area contributed by atoms with Gasteiger partial charge in [-0.15, -0.1) is 0 Å². The molecule has 0 amide bonds. The second-order valence-corrected chi connectivity index (χ2v) is 7.57. The van der Waals surface area contributed by atoms with E-state index in [9.17, 15) is 13.5 Å². The first-order valence-electron chi connectivity index (χ1n) is 7.50. The Labute approximate surface area is 133 Å². The van der Waals surface area contributed by atoms with Crippen molar-refractivity contribution in [1.29, 1.82) is 0 Å². The van der Waals surface area contributed by atoms with Gasteiger partial charge >= 0.3 is 0 Å². The Balaban J connectivity index is 2.53. The summed E-state index contributed by atoms with van der Waals surface area (Å²) in [5.41, 5.74) is 2.21. The van der Waals surface area contributed by atoms with Crippen LogP contribution < -0.4 is 0 Å². The standard InChI is InChI=1S/C17H26O4S/c1-13(2)6-5-7-15(4)17(18)12-21-22(19,20)16-10-8-14(3)9-11-16/h6,8-11,15,17-18H,5,7,12H2,1-4H3/t15-,17+/m0/s1. The van der Waals surface area contributed by atoms with Crippen LogP contribution in [0, 0.1) is 12.8 Å². The molecule has 0 aliphatic rings. The number of aliphatic hydroxyl groups excluding tert-OH is 1. The summed E-state index contributed by atoms with van der Waals surface area (Å²) in [4.78, 5) is 0.113. The zero-order valence-electron chi connectivity index (χ0n) is 13.7. The van der Waals surface area contributed by atoms with Crippen molar-refractivity contribution in [3.8, 4) is 0 Å². The molecule has 2 atom stereocenters. The summed E-state index contributed by atoms with van der Waals surface area (Å²) in [6.07, 6.45) is 2.96. The van der Waals surface area contributed by atoms with Crippen LogP contribution in [-0.2, 0) is 14.3 Å². The number of benzene rings is 1. The van der Waals surface area contributed by atoms with Crippen molar-refractivity contribution in [2.75, 3.05) is 6.61 Å². The monoisotopic (exact) mass is 326 g/mol. The fourth-order valence-electron chi connectivity index (χ4n) is 1.92. The maximum absolute atomic E-state index is 12.0. The summed E-state index contributed by atoms with van der Waals surface area (Å²) in [5.74, 6) is -0.0242. The zero-order valence-corrected chi connectivity index (χ0v) is 14.6. The van der Waals surface area contributed by atoms with Crippen molar-refractivity contribution in [2.24, 2.45) is 5.92 Å². The molecule has 0 fully saturated rings. The van der Waals surface area contributed by atoms with Crippen LogP contribution in [0.2, 0.25) is 0 Å². The fraction of sp³-hybridized carbons (Fsp3) is 0.529. The highest BCUT2D eigenvalue weighted by molar-refractivity contribution is 7.86. The number of rotatable bonds is 8. The molecule has 0 aliphatic carbocycles. The highest BCUT2D eigenvalue weighted by Crippen LogP contribution is 2.17. The molecule has 0 saturated heterocycles. The lowest BCUT2D eigenvalue weighted by molar-refractivity contribution is 0.0631. The van der Waals surface area contributed by atoms with Gasteiger partial charge in [0.2, 0.25) is 0 Å². The van der Waals surface area contributed by atoms with E-state index in [2.05, 4.69) is 6.08 Å². The SMILES string of the molecule is CC(C)=CCC[C@H](C)[C@H](O)COS(=O)(=O)c1ccc(C)cc1. The van der Waals surface area contributed by atoms with Crippen molar-refractivity contribution in [3.63, 3.8) is 0 Å². The fourth-order valence-corrected chi connectivity index (χ4v) is 2.85. The number of hydrogen-bond acceptors (Lipinski definition) is 4. The van der Waals surface area contributed by atoms with Crippen LogP contribution in [0.15, 0.2) is 40.8 Å². The van der Waals surface area contributed by atoms with Gasteiger partial charge in [0.05, 0.1) is 17.6 Å². The zero-order chi connectivity index (χ0) is 16.8. The van der Waals surface area contributed by atoms with Crippen molar-refractivity contribution in [1.82, 2.24) is 0 Å². The number of aryl methyl sites for hydroxylation is 1. The van der Waals surface area contributed by atoms with E-state index in [0.29, 0.717) is 0 Å². The van der Waals surface area contributed by atoms with Gasteiger partial charge in [-0.2, -0.15) is 8.42 Å². The molecule has 0 aliphatic heterocycles. The van der Waals surface area contributed by atoms with E-state index in [1.807, 2.05) is 27.7 Å². The Morgan fingerprint density at radius 3 is 2.41 bits per heavy atom. The van der Waals surface area contributed by atoms with Crippen molar-refractivity contribution < 1.29 is 17.7 Å². The second kappa shape index (κ2) is 8.46. The Hall–Kier alpha value is -1.17. The quantitative estimate of drug-likeness (QED) is 0.587. The molecule has 0 spiro atoms. The van der Waals surface area contributed by atoms with Crippen LogP contribution in [-0.4, -0.2) is 26.2 Å². The summed E-state index contributed by atoms with van der Waals surface area (Å²) in [6.45, 7) is 7.61. The molecule has 4 nitrogen and oxygen atoms in total. The molecule has 0 unspecified atom stereocenters. The largest absolute Gasteiger partial charge is 0.390 e. The summed E-state index contributed by atoms with van der Waals surface area (Å²) in [6, 6.07) is 6.45. The topological polar surface area (TPSA) is 63.6 Å². The van der Waals surface area contributed by atoms with E-state index in [0.717, 1.165) is 18.4 Å². The van der Waals surface area contributed by atoms with Crippen LogP contribution in [0.1, 0.15) is 39.2 Å². The lowest BCUT2D eigenvalue weighted by Crippen LogP contribution is -2.25. The molecular weight excluding hydrogens is 300 g/mol. The van der Waals surface area contributed by atoms with Crippen LogP contribution in [0.4, 0.5) is 0 Å². The second-order valence-electron chi connectivity index (χ2n) is 5.96. The summed E-state index contributed by atoms with van der Waals surface area (Å²) >= 11 is 0. The van der Waals surface area contributed by atoms with Crippen LogP contribution in [0.5, 0.6) is 0 Å². The van der Waals surface area contributed by atoms with Gasteiger partial charge in [-0.3, -0.25) is 4.18 Å². The number of hydrogen-bond donors (Lipinski definition) is 1. The first kappa shape index (κ1) is 18.9. The average molecular weight is 326 g/mol. The molecule has 0 saturated carbocycles. The lowest BCUT2D eigenvalue weighted by atomic mass is 9.99. The first-order chi connectivity index (χ1) is 10.2. The van der Waals surface area contributed by atoms with Gasteiger partial charge in [-0.1, -0.05) is 36.3 Å². The molecule has 1 rings (SSSR count). The van der Waals surface area contributed by atoms with E-state index in [1.165, 1.54) is 17.7 Å². The van der Waals surface area contributed by atoms with Crippen molar-refractivity contribution in [3.05, 3.63) is 41.5 Å². The smallest absolute Gasteiger partial charge is 0.297 e. The average Bonchev–Trinajstić information content (AvgIpc) is 2.44. The Morgan fingerprint density at radius 2 is 1.86 bits per heavy atom. The van der Waals surface area contributed by atoms with E-state index in [-0.39, 0.29) is 17.4 Å². The maximum atomic E-state index is 12.0. The molecule has 0 aromatic heterocycles. The minimum absolute atomic E-state index is 0.0242. The number of allylic oxidation sites excluding steroid dienone is 2. The van der Waals surface area contributed by atoms with Gasteiger partial charge in [-0.25, -0.2) is 0 Å². The van der Waals surface area contributed by atoms with Gasteiger partial charge in [0.1, 0.15) is 0 Å². The van der Waals surface area contributed by atoms with E-state index >= 15 is 0 Å². The third-order valence-corrected chi connectivity index (χ3v) is 4.83. The molecular formula is C17H26O4S. The molecule has 0 bridgehead atoms. The van der Waals surface area contributed by atoms with Gasteiger partial charge in [-0.05, 0) is 51.7 Å². The van der Waals surface area contributed by atoms with Crippen LogP contribution >= 0.6 is 0 Å². The van der Waals surface area contributed by atoms with E-state index in [4.69, 9.17) is 4.18 Å². The van der Waals surface area contributed by atoms with Crippen LogP contribution in [0.3, 0.4) is 0 Å². The molecule has 1 aromatic rings. The summed E-state index contributed by atoms with van der Waals surface area (Å²) < 4.78 is 29.0. The van der Waals surface area contributed by atoms with Gasteiger partial charge in [0.25, 0.3) is 10.1 Å². The molecule has 124 valence electrons. The van der Waals surface area contributed by atoms with Crippen LogP contribution in [0.25, 0.3) is 0 Å². The Bertz CT molecular complexity index is 584. The maximum Gasteiger partial charge on any atom is 0.297 e. The third-order valence-electron chi connectivity index (χ3n) is 3.54. The van der Waals surface area contributed by atoms with Gasteiger partial charge in [0, 0.05) is 0 Å². The molecule has 1 N–H and O–H groups in total. The van der Waals surface area contributed by atoms with Gasteiger partial charge in [0.15, 0.2) is 0 Å². The lowest BCUT2D eigenvalue weighted by Gasteiger charge is -2.18. The number of aliphatic hydroxyl groups is 1. The normalized spacial score (nSPS) is 14.4. The molecule has 0 radical (unpaired) electrons. The van der Waals surface area contributed by atoms with E-state index < -0.39 is 16.2 Å². The Morgan fingerprint density at radius 1 is 1.27 bits per heavy atom. The minimum atomic E-state index is -3.81. The predicted molar refractivity (Wildman–Crippen MR) is 88.2 cm³/mol. The van der Waals surface area contributed by atoms with Crippen molar-refractivity contribution >= 4 is 10.1 Å². The molecule has 0 heterocycles. The summed E-state index contributed by atoms with van der Waals surface area (Å²) in [7, 11) is -3.81. The first-order valence-corrected chi connectivity index (χ1v) is 8.90. The molecule has 1 aromatic carbocycles. The third kappa shape index (κ3) is 6.30. The molecule has 5 heteroatoms. The highest BCUT2D eigenvalue weighted by Gasteiger charge is 2.20. The minimum Gasteiger partial charge on any atom is -0.390 e. The molecule has 22 heavy (non-hydrogen) atoms. The van der Waals surface area contributed by atoms with Gasteiger partial charge < -0.3 is 5.11 Å². The summed E-state index contributed by atoms with van der Waals surface area (Å²) in [5, 5.41) is 10.0. The predicted octanol–water partition coefficient (Wildman–Crippen LogP) is 3.44.